The van der Waals surface area contributed by atoms with Gasteiger partial charge in [-0.3, -0.25) is 14.2 Å². The molecule has 0 fully saturated rings. The maximum atomic E-state index is 12.9. The van der Waals surface area contributed by atoms with Crippen LogP contribution in [0.2, 0.25) is 0 Å². The van der Waals surface area contributed by atoms with Crippen molar-refractivity contribution in [1.82, 2.24) is 9.78 Å². The van der Waals surface area contributed by atoms with Gasteiger partial charge >= 0.3 is 0 Å². The maximum absolute atomic E-state index is 12.9. The first-order chi connectivity index (χ1) is 15.8. The molecule has 182 valence electrons. The maximum Gasteiger partial charge on any atom is 0.276 e. The fourth-order valence-electron chi connectivity index (χ4n) is 3.36. The van der Waals surface area contributed by atoms with Gasteiger partial charge in [-0.25, -0.2) is 8.42 Å². The number of benzene rings is 2. The Kier molecular flexibility index (Phi) is 6.92. The fourth-order valence-corrected chi connectivity index (χ4v) is 4.45. The Balaban J connectivity index is 1.91. The zero-order chi connectivity index (χ0) is 25.3. The molecule has 0 spiro atoms. The Morgan fingerprint density at radius 2 is 1.76 bits per heavy atom. The number of sulfonamides is 1. The van der Waals surface area contributed by atoms with E-state index in [4.69, 9.17) is 4.74 Å². The molecule has 3 aromatic rings. The molecule has 1 amide bonds. The minimum absolute atomic E-state index is 0.0516. The number of aromatic hydroxyl groups is 1. The van der Waals surface area contributed by atoms with Crippen molar-refractivity contribution in [2.24, 2.45) is 0 Å². The molecule has 0 saturated carbocycles. The lowest BCUT2D eigenvalue weighted by Gasteiger charge is -2.23. The van der Waals surface area contributed by atoms with Crippen LogP contribution in [-0.4, -0.2) is 36.3 Å². The van der Waals surface area contributed by atoms with E-state index >= 15 is 0 Å². The van der Waals surface area contributed by atoms with Crippen LogP contribution in [0.5, 0.6) is 11.5 Å². The smallest absolute Gasteiger partial charge is 0.276 e. The number of hydrogen-bond acceptors (Lipinski definition) is 6. The molecule has 0 aliphatic carbocycles. The molecule has 0 atom stereocenters. The summed E-state index contributed by atoms with van der Waals surface area (Å²) in [6.45, 7) is 9.99. The molecule has 0 aliphatic heterocycles. The number of carbonyl (C=O) groups is 1. The fraction of sp³-hybridized carbons (Fsp3) is 0.333. The SMILES string of the molecule is COc1ccccc1NS(=O)(=O)c1ccc(O)c(NC(=O)c2cc(C(C)C)n(C(C)(C)C)n2)c1. The van der Waals surface area contributed by atoms with Crippen LogP contribution in [0.1, 0.15) is 56.7 Å². The second-order valence-electron chi connectivity index (χ2n) is 9.13. The number of ether oxygens (including phenoxy) is 1. The molecule has 0 aliphatic rings. The van der Waals surface area contributed by atoms with Crippen molar-refractivity contribution in [3.05, 3.63) is 59.9 Å². The van der Waals surface area contributed by atoms with Gasteiger partial charge < -0.3 is 15.2 Å². The van der Waals surface area contributed by atoms with Gasteiger partial charge in [0, 0.05) is 5.69 Å². The molecule has 9 nitrogen and oxygen atoms in total. The number of nitrogens with one attached hydrogen (secondary N) is 2. The summed E-state index contributed by atoms with van der Waals surface area (Å²) < 4.78 is 35.3. The van der Waals surface area contributed by atoms with E-state index in [1.807, 2.05) is 34.6 Å². The number of aromatic nitrogens is 2. The topological polar surface area (TPSA) is 123 Å². The number of para-hydroxylation sites is 2. The lowest BCUT2D eigenvalue weighted by Crippen LogP contribution is -2.26. The van der Waals surface area contributed by atoms with Crippen LogP contribution in [0, 0.1) is 0 Å². The van der Waals surface area contributed by atoms with E-state index < -0.39 is 15.9 Å². The largest absolute Gasteiger partial charge is 0.506 e. The second-order valence-corrected chi connectivity index (χ2v) is 10.8. The van der Waals surface area contributed by atoms with E-state index in [0.29, 0.717) is 5.75 Å². The highest BCUT2D eigenvalue weighted by atomic mass is 32.2. The number of nitrogens with zero attached hydrogens (tertiary/aromatic N) is 2. The van der Waals surface area contributed by atoms with E-state index in [-0.39, 0.29) is 39.2 Å². The molecule has 3 rings (SSSR count). The monoisotopic (exact) mass is 486 g/mol. The standard InChI is InChI=1S/C24H30N4O5S/c1-15(2)20-14-19(26-28(20)24(3,4)5)23(30)25-18-13-16(11-12-21(18)29)34(31,32)27-17-9-7-8-10-22(17)33-6/h7-15,27,29H,1-6H3,(H,25,30). The molecule has 0 unspecified atom stereocenters. The molecule has 3 N–H and O–H groups in total. The Labute approximate surface area is 199 Å². The van der Waals surface area contributed by atoms with Gasteiger partial charge in [-0.2, -0.15) is 5.10 Å². The number of amides is 1. The van der Waals surface area contributed by atoms with Gasteiger partial charge in [-0.1, -0.05) is 26.0 Å². The third-order valence-electron chi connectivity index (χ3n) is 5.07. The Bertz CT molecular complexity index is 1310. The highest BCUT2D eigenvalue weighted by Gasteiger charge is 2.25. The van der Waals surface area contributed by atoms with Crippen LogP contribution >= 0.6 is 0 Å². The van der Waals surface area contributed by atoms with Crippen molar-refractivity contribution >= 4 is 27.3 Å². The van der Waals surface area contributed by atoms with E-state index in [1.54, 1.807) is 35.0 Å². The van der Waals surface area contributed by atoms with Crippen LogP contribution in [0.4, 0.5) is 11.4 Å². The number of carbonyl (C=O) groups excluding carboxylic acids is 1. The Morgan fingerprint density at radius 1 is 1.09 bits per heavy atom. The lowest BCUT2D eigenvalue weighted by atomic mass is 10.1. The van der Waals surface area contributed by atoms with E-state index in [9.17, 15) is 18.3 Å². The zero-order valence-electron chi connectivity index (χ0n) is 20.1. The van der Waals surface area contributed by atoms with Crippen molar-refractivity contribution in [3.63, 3.8) is 0 Å². The van der Waals surface area contributed by atoms with Gasteiger partial charge in [0.25, 0.3) is 15.9 Å². The van der Waals surface area contributed by atoms with Crippen molar-refractivity contribution in [2.45, 2.75) is 51.0 Å². The summed E-state index contributed by atoms with van der Waals surface area (Å²) in [6.07, 6.45) is 0. The lowest BCUT2D eigenvalue weighted by molar-refractivity contribution is 0.102. The summed E-state index contributed by atoms with van der Waals surface area (Å²) in [4.78, 5) is 12.8. The van der Waals surface area contributed by atoms with E-state index in [0.717, 1.165) is 5.69 Å². The van der Waals surface area contributed by atoms with Crippen molar-refractivity contribution in [1.29, 1.82) is 0 Å². The molecular formula is C24H30N4O5S. The normalized spacial score (nSPS) is 12.0. The zero-order valence-corrected chi connectivity index (χ0v) is 20.9. The summed E-state index contributed by atoms with van der Waals surface area (Å²) in [7, 11) is -2.59. The average molecular weight is 487 g/mol. The quantitative estimate of drug-likeness (QED) is 0.422. The van der Waals surface area contributed by atoms with Gasteiger partial charge in [-0.15, -0.1) is 0 Å². The van der Waals surface area contributed by atoms with Crippen LogP contribution in [0.15, 0.2) is 53.4 Å². The molecule has 1 aromatic heterocycles. The van der Waals surface area contributed by atoms with Gasteiger partial charge in [0.2, 0.25) is 0 Å². The molecule has 34 heavy (non-hydrogen) atoms. The predicted octanol–water partition coefficient (Wildman–Crippen LogP) is 4.53. The predicted molar refractivity (Wildman–Crippen MR) is 131 cm³/mol. The molecule has 1 heterocycles. The number of anilines is 2. The van der Waals surface area contributed by atoms with Crippen molar-refractivity contribution < 1.29 is 23.1 Å². The number of methoxy groups -OCH3 is 1. The van der Waals surface area contributed by atoms with Crippen LogP contribution in [0.25, 0.3) is 0 Å². The first kappa shape index (κ1) is 25.1. The second kappa shape index (κ2) is 9.38. The van der Waals surface area contributed by atoms with Crippen LogP contribution in [0.3, 0.4) is 0 Å². The molecule has 2 aromatic carbocycles. The minimum Gasteiger partial charge on any atom is -0.506 e. The Morgan fingerprint density at radius 3 is 2.35 bits per heavy atom. The molecule has 0 bridgehead atoms. The highest BCUT2D eigenvalue weighted by molar-refractivity contribution is 7.92. The number of phenolic OH excluding ortho intramolecular Hbond substituents is 1. The van der Waals surface area contributed by atoms with E-state index in [2.05, 4.69) is 15.1 Å². The van der Waals surface area contributed by atoms with Gasteiger partial charge in [0.05, 0.1) is 28.9 Å². The Hall–Kier alpha value is -3.53. The van der Waals surface area contributed by atoms with Crippen LogP contribution in [-0.2, 0) is 15.6 Å². The molecular weight excluding hydrogens is 456 g/mol. The molecule has 0 radical (unpaired) electrons. The summed E-state index contributed by atoms with van der Waals surface area (Å²) in [5.41, 5.74) is 0.929. The van der Waals surface area contributed by atoms with Gasteiger partial charge in [0.15, 0.2) is 5.69 Å². The molecule has 0 saturated heterocycles. The number of rotatable bonds is 7. The third kappa shape index (κ3) is 5.33. The number of hydrogen-bond donors (Lipinski definition) is 3. The number of phenols is 1. The summed E-state index contributed by atoms with van der Waals surface area (Å²) in [5.74, 6) is -0.346. The first-order valence-corrected chi connectivity index (χ1v) is 12.2. The van der Waals surface area contributed by atoms with Crippen LogP contribution < -0.4 is 14.8 Å². The summed E-state index contributed by atoms with van der Waals surface area (Å²) in [6, 6.07) is 11.9. The molecule has 10 heteroatoms. The third-order valence-corrected chi connectivity index (χ3v) is 6.44. The average Bonchev–Trinajstić information content (AvgIpc) is 3.22. The summed E-state index contributed by atoms with van der Waals surface area (Å²) in [5, 5.41) is 17.3. The van der Waals surface area contributed by atoms with E-state index in [1.165, 1.54) is 25.3 Å². The van der Waals surface area contributed by atoms with Crippen molar-refractivity contribution in [2.75, 3.05) is 17.1 Å². The summed E-state index contributed by atoms with van der Waals surface area (Å²) >= 11 is 0. The van der Waals surface area contributed by atoms with Gasteiger partial charge in [0.1, 0.15) is 11.5 Å². The highest BCUT2D eigenvalue weighted by Crippen LogP contribution is 2.31. The van der Waals surface area contributed by atoms with Gasteiger partial charge in [-0.05, 0) is 63.1 Å². The van der Waals surface area contributed by atoms with Crippen molar-refractivity contribution in [3.8, 4) is 11.5 Å². The first-order valence-electron chi connectivity index (χ1n) is 10.7. The minimum atomic E-state index is -4.03.